The summed E-state index contributed by atoms with van der Waals surface area (Å²) in [5.41, 5.74) is 3.64. The number of terminal acetylenes is 1. The summed E-state index contributed by atoms with van der Waals surface area (Å²) in [6, 6.07) is 0. The second-order valence-corrected chi connectivity index (χ2v) is 5.03. The molecule has 0 amide bonds. The van der Waals surface area contributed by atoms with E-state index in [1.54, 1.807) is 0 Å². The van der Waals surface area contributed by atoms with Crippen molar-refractivity contribution < 1.29 is 24.5 Å². The number of esters is 1. The van der Waals surface area contributed by atoms with Gasteiger partial charge in [-0.15, -0.1) is 6.42 Å². The second kappa shape index (κ2) is 12.8. The molecule has 0 spiro atoms. The molecule has 1 fully saturated rings. The van der Waals surface area contributed by atoms with E-state index < -0.39 is 36.5 Å². The van der Waals surface area contributed by atoms with Crippen molar-refractivity contribution in [2.45, 2.75) is 45.6 Å². The first-order valence-electron chi connectivity index (χ1n) is 7.96. The summed E-state index contributed by atoms with van der Waals surface area (Å²) in [7, 11) is 0. The smallest absolute Gasteiger partial charge is 0.330 e. The Morgan fingerprint density at radius 1 is 1.50 bits per heavy atom. The number of ether oxygens (including phenoxy) is 2. The van der Waals surface area contributed by atoms with Crippen LogP contribution in [-0.4, -0.2) is 45.4 Å². The molecule has 10 nitrogen and oxygen atoms in total. The van der Waals surface area contributed by atoms with Gasteiger partial charge in [0.2, 0.25) is 0 Å². The molecule has 0 radical (unpaired) electrons. The third kappa shape index (κ3) is 8.09. The van der Waals surface area contributed by atoms with Crippen LogP contribution >= 0.6 is 0 Å². The van der Waals surface area contributed by atoms with Crippen molar-refractivity contribution in [2.24, 2.45) is 5.73 Å². The fourth-order valence-corrected chi connectivity index (χ4v) is 1.74. The van der Waals surface area contributed by atoms with Gasteiger partial charge in [-0.2, -0.15) is 0 Å². The normalized spacial score (nSPS) is 17.8. The van der Waals surface area contributed by atoms with Crippen LogP contribution in [0.2, 0.25) is 0 Å². The van der Waals surface area contributed by atoms with Gasteiger partial charge in [-0.05, 0) is 6.42 Å². The summed E-state index contributed by atoms with van der Waals surface area (Å²) in [5.74, 6) is 1.58. The van der Waals surface area contributed by atoms with Gasteiger partial charge in [0.05, 0.1) is 6.54 Å². The number of aliphatic hydroxyl groups excluding tert-OH is 2. The molecule has 0 aromatic carbocycles. The van der Waals surface area contributed by atoms with Gasteiger partial charge >= 0.3 is 11.7 Å². The Kier molecular flexibility index (Phi) is 11.6. The lowest BCUT2D eigenvalue weighted by molar-refractivity contribution is -0.149. The number of carbonyl (C=O) groups excluding carboxylic acids is 1. The van der Waals surface area contributed by atoms with Crippen molar-refractivity contribution in [3.63, 3.8) is 0 Å². The van der Waals surface area contributed by atoms with Gasteiger partial charge in [-0.1, -0.05) is 26.2 Å². The third-order valence-electron chi connectivity index (χ3n) is 2.80. The summed E-state index contributed by atoms with van der Waals surface area (Å²) in [6.07, 6.45) is 7.13. The molecular weight excluding hydrogens is 346 g/mol. The largest absolute Gasteiger partial charge is 0.438 e. The zero-order chi connectivity index (χ0) is 20.1. The number of nitrogens with zero attached hydrogens (tertiary/aromatic N) is 1. The average molecular weight is 371 g/mol. The standard InChI is InChI=1S/C10H10N2O4.C3H7NO3.C3H8/c1-2-6-5-12(10(15)11-9(6)14)7-3-4-8(13)16-7;4-1-3(6)7-2-5;1-3-2/h1,5,7-8,13H,3-4H2,(H,11,14,15);5H,1-2,4H2;3H2,1-2H3/t7?,8-;;/m0../s1. The summed E-state index contributed by atoms with van der Waals surface area (Å²) >= 11 is 0. The zero-order valence-electron chi connectivity index (χ0n) is 14.8. The minimum Gasteiger partial charge on any atom is -0.438 e. The maximum Gasteiger partial charge on any atom is 0.330 e. The molecule has 10 heteroatoms. The first-order valence-corrected chi connectivity index (χ1v) is 7.96. The van der Waals surface area contributed by atoms with Gasteiger partial charge in [0.25, 0.3) is 5.56 Å². The van der Waals surface area contributed by atoms with E-state index in [4.69, 9.17) is 22.0 Å². The molecule has 1 unspecified atom stereocenters. The van der Waals surface area contributed by atoms with Crippen LogP contribution in [0.25, 0.3) is 0 Å². The molecule has 0 bridgehead atoms. The summed E-state index contributed by atoms with van der Waals surface area (Å²) in [4.78, 5) is 34.7. The maximum atomic E-state index is 11.5. The molecule has 5 N–H and O–H groups in total. The van der Waals surface area contributed by atoms with E-state index >= 15 is 0 Å². The highest BCUT2D eigenvalue weighted by Gasteiger charge is 2.25. The topological polar surface area (TPSA) is 157 Å². The summed E-state index contributed by atoms with van der Waals surface area (Å²) in [5, 5.41) is 17.1. The zero-order valence-corrected chi connectivity index (χ0v) is 14.8. The van der Waals surface area contributed by atoms with Crippen molar-refractivity contribution in [3.05, 3.63) is 32.6 Å². The molecule has 1 aromatic rings. The quantitative estimate of drug-likeness (QED) is 0.299. The van der Waals surface area contributed by atoms with Gasteiger partial charge in [0.1, 0.15) is 11.8 Å². The number of nitrogens with two attached hydrogens (primary N) is 1. The Morgan fingerprint density at radius 3 is 2.50 bits per heavy atom. The molecule has 1 aliphatic rings. The van der Waals surface area contributed by atoms with E-state index in [1.165, 1.54) is 17.2 Å². The van der Waals surface area contributed by atoms with Crippen LogP contribution in [0.1, 0.15) is 44.9 Å². The molecule has 0 aliphatic carbocycles. The molecule has 1 saturated heterocycles. The highest BCUT2D eigenvalue weighted by molar-refractivity contribution is 5.71. The van der Waals surface area contributed by atoms with Crippen molar-refractivity contribution in [2.75, 3.05) is 13.3 Å². The number of H-pyrrole nitrogens is 1. The molecule has 2 heterocycles. The van der Waals surface area contributed by atoms with E-state index in [-0.39, 0.29) is 12.1 Å². The van der Waals surface area contributed by atoms with Crippen molar-refractivity contribution in [1.29, 1.82) is 0 Å². The van der Waals surface area contributed by atoms with Gasteiger partial charge in [-0.25, -0.2) is 4.79 Å². The lowest BCUT2D eigenvalue weighted by atomic mass is 10.3. The highest BCUT2D eigenvalue weighted by atomic mass is 16.6. The predicted octanol–water partition coefficient (Wildman–Crippen LogP) is -1.00. The van der Waals surface area contributed by atoms with Crippen LogP contribution in [-0.2, 0) is 14.3 Å². The number of carbonyl (C=O) groups is 1. The minimum absolute atomic E-state index is 0.0598. The molecule has 1 aliphatic heterocycles. The molecular formula is C16H25N3O7. The number of hydrogen-bond donors (Lipinski definition) is 4. The second-order valence-electron chi connectivity index (χ2n) is 5.03. The van der Waals surface area contributed by atoms with Crippen LogP contribution in [0.4, 0.5) is 0 Å². The number of aliphatic hydroxyl groups is 2. The first kappa shape index (κ1) is 23.5. The SMILES string of the molecule is C#Cc1cn(C2CC[C@@H](O)O2)c(=O)[nH]c1=O.CCC.NCC(=O)OCO. The Morgan fingerprint density at radius 2 is 2.12 bits per heavy atom. The van der Waals surface area contributed by atoms with Crippen molar-refractivity contribution in [1.82, 2.24) is 9.55 Å². The van der Waals surface area contributed by atoms with E-state index in [0.717, 1.165) is 0 Å². The van der Waals surface area contributed by atoms with Gasteiger partial charge in [0, 0.05) is 12.6 Å². The Hall–Kier alpha value is -2.45. The van der Waals surface area contributed by atoms with Gasteiger partial charge < -0.3 is 25.4 Å². The molecule has 2 atom stereocenters. The third-order valence-corrected chi connectivity index (χ3v) is 2.80. The van der Waals surface area contributed by atoms with Gasteiger partial charge in [0.15, 0.2) is 13.1 Å². The minimum atomic E-state index is -0.877. The lowest BCUT2D eigenvalue weighted by Gasteiger charge is -2.13. The summed E-state index contributed by atoms with van der Waals surface area (Å²) < 4.78 is 10.3. The molecule has 1 aromatic heterocycles. The summed E-state index contributed by atoms with van der Waals surface area (Å²) in [6.45, 7) is 3.48. The van der Waals surface area contributed by atoms with E-state index in [0.29, 0.717) is 12.8 Å². The number of rotatable bonds is 3. The molecule has 146 valence electrons. The molecule has 26 heavy (non-hydrogen) atoms. The number of nitrogens with one attached hydrogen (secondary N) is 1. The fourth-order valence-electron chi connectivity index (χ4n) is 1.74. The van der Waals surface area contributed by atoms with E-state index in [2.05, 4.69) is 29.5 Å². The Labute approximate surface area is 150 Å². The molecule has 0 saturated carbocycles. The predicted molar refractivity (Wildman–Crippen MR) is 92.8 cm³/mol. The monoisotopic (exact) mass is 371 g/mol. The van der Waals surface area contributed by atoms with Crippen molar-refractivity contribution in [3.8, 4) is 12.3 Å². The van der Waals surface area contributed by atoms with Gasteiger partial charge in [-0.3, -0.25) is 19.1 Å². The van der Waals surface area contributed by atoms with Crippen LogP contribution in [0, 0.1) is 12.3 Å². The lowest BCUT2D eigenvalue weighted by Crippen LogP contribution is -2.33. The first-order chi connectivity index (χ1) is 12.3. The fraction of sp³-hybridized carbons (Fsp3) is 0.562. The van der Waals surface area contributed by atoms with Crippen LogP contribution in [0.5, 0.6) is 0 Å². The Balaban J connectivity index is 0.000000526. The number of hydrogen-bond acceptors (Lipinski definition) is 8. The molecule has 2 rings (SSSR count). The highest BCUT2D eigenvalue weighted by Crippen LogP contribution is 2.25. The number of aromatic amines is 1. The van der Waals surface area contributed by atoms with E-state index in [1.807, 2.05) is 0 Å². The van der Waals surface area contributed by atoms with Crippen molar-refractivity contribution >= 4 is 5.97 Å². The maximum absolute atomic E-state index is 11.5. The van der Waals surface area contributed by atoms with Crippen LogP contribution in [0.15, 0.2) is 15.8 Å². The average Bonchev–Trinajstić information content (AvgIpc) is 3.02. The van der Waals surface area contributed by atoms with Crippen LogP contribution < -0.4 is 17.0 Å². The van der Waals surface area contributed by atoms with Crippen LogP contribution in [0.3, 0.4) is 0 Å². The van der Waals surface area contributed by atoms with E-state index in [9.17, 15) is 19.5 Å². The number of aromatic nitrogens is 2. The Bertz CT molecular complexity index is 705.